The summed E-state index contributed by atoms with van der Waals surface area (Å²) in [7, 11) is 0. The summed E-state index contributed by atoms with van der Waals surface area (Å²) in [4.78, 5) is 9.13. The lowest BCUT2D eigenvalue weighted by Crippen LogP contribution is -2.17. The average Bonchev–Trinajstić information content (AvgIpc) is 2.73. The number of benzene rings is 3. The number of phenols is 2. The second kappa shape index (κ2) is 9.81. The maximum absolute atomic E-state index is 11.0. The van der Waals surface area contributed by atoms with Gasteiger partial charge in [-0.05, 0) is 46.7 Å². The first-order valence-corrected chi connectivity index (χ1v) is 11.8. The van der Waals surface area contributed by atoms with Crippen LogP contribution in [0.2, 0.25) is 10.0 Å². The van der Waals surface area contributed by atoms with Gasteiger partial charge in [-0.3, -0.25) is 9.98 Å². The molecule has 3 aromatic carbocycles. The molecule has 6 heteroatoms. The molecule has 0 bridgehead atoms. The van der Waals surface area contributed by atoms with Crippen molar-refractivity contribution in [2.45, 2.75) is 52.4 Å². The van der Waals surface area contributed by atoms with Gasteiger partial charge in [0.2, 0.25) is 0 Å². The normalized spacial score (nSPS) is 12.7. The molecule has 0 atom stereocenters. The molecule has 3 rings (SSSR count). The summed E-state index contributed by atoms with van der Waals surface area (Å²) in [5, 5.41) is 21.8. The third kappa shape index (κ3) is 5.99. The minimum Gasteiger partial charge on any atom is -0.507 e. The summed E-state index contributed by atoms with van der Waals surface area (Å²) in [6.07, 6.45) is 3.17. The molecule has 178 valence electrons. The zero-order valence-electron chi connectivity index (χ0n) is 20.3. The lowest BCUT2D eigenvalue weighted by Gasteiger charge is -2.27. The monoisotopic (exact) mass is 496 g/mol. The highest BCUT2D eigenvalue weighted by atomic mass is 35.5. The molecule has 0 aromatic heterocycles. The lowest BCUT2D eigenvalue weighted by atomic mass is 9.79. The van der Waals surface area contributed by atoms with E-state index >= 15 is 0 Å². The zero-order chi connectivity index (χ0) is 25.3. The Balaban J connectivity index is 2.04. The number of rotatable bonds is 4. The molecule has 0 saturated heterocycles. The molecule has 0 radical (unpaired) electrons. The molecule has 0 aliphatic heterocycles. The van der Waals surface area contributed by atoms with E-state index in [0.717, 1.165) is 11.1 Å². The second-order valence-electron chi connectivity index (χ2n) is 10.3. The summed E-state index contributed by atoms with van der Waals surface area (Å²) >= 11 is 12.1. The molecule has 0 unspecified atom stereocenters. The van der Waals surface area contributed by atoms with Crippen LogP contribution in [0.5, 0.6) is 11.5 Å². The minimum atomic E-state index is -0.226. The van der Waals surface area contributed by atoms with Gasteiger partial charge >= 0.3 is 0 Å². The number of aromatic hydroxyl groups is 2. The van der Waals surface area contributed by atoms with Gasteiger partial charge in [0.1, 0.15) is 11.5 Å². The van der Waals surface area contributed by atoms with Gasteiger partial charge in [0.25, 0.3) is 0 Å². The lowest BCUT2D eigenvalue weighted by molar-refractivity contribution is 0.444. The van der Waals surface area contributed by atoms with Crippen LogP contribution in [0, 0.1) is 0 Å². The third-order valence-electron chi connectivity index (χ3n) is 5.44. The highest BCUT2D eigenvalue weighted by Crippen LogP contribution is 2.38. The topological polar surface area (TPSA) is 65.2 Å². The molecule has 4 nitrogen and oxygen atoms in total. The van der Waals surface area contributed by atoms with Crippen LogP contribution in [0.15, 0.2) is 58.5 Å². The Morgan fingerprint density at radius 1 is 0.706 bits per heavy atom. The Hall–Kier alpha value is -2.82. The predicted octanol–water partition coefficient (Wildman–Crippen LogP) is 8.50. The molecule has 0 aliphatic rings. The molecule has 0 saturated carbocycles. The van der Waals surface area contributed by atoms with Crippen molar-refractivity contribution in [1.29, 1.82) is 0 Å². The van der Waals surface area contributed by atoms with Crippen LogP contribution in [-0.2, 0) is 10.8 Å². The summed E-state index contributed by atoms with van der Waals surface area (Å²) in [5.74, 6) is 0.137. The SMILES string of the molecule is CC(C)(C)c1cc(C=Nc2ccccc2N=Cc2cc(Cl)cc(Cl)c2O)c(O)c(C(C)(C)C)c1. The van der Waals surface area contributed by atoms with Crippen molar-refractivity contribution >= 4 is 47.0 Å². The Kier molecular flexibility index (Phi) is 7.44. The van der Waals surface area contributed by atoms with Crippen molar-refractivity contribution in [3.63, 3.8) is 0 Å². The highest BCUT2D eigenvalue weighted by molar-refractivity contribution is 6.36. The van der Waals surface area contributed by atoms with Crippen LogP contribution < -0.4 is 0 Å². The average molecular weight is 497 g/mol. The van der Waals surface area contributed by atoms with Crippen molar-refractivity contribution in [2.24, 2.45) is 9.98 Å². The van der Waals surface area contributed by atoms with Gasteiger partial charge in [0, 0.05) is 34.1 Å². The van der Waals surface area contributed by atoms with E-state index in [1.807, 2.05) is 30.3 Å². The van der Waals surface area contributed by atoms with E-state index in [9.17, 15) is 10.2 Å². The van der Waals surface area contributed by atoms with Gasteiger partial charge in [0.15, 0.2) is 0 Å². The van der Waals surface area contributed by atoms with Crippen LogP contribution in [-0.4, -0.2) is 22.6 Å². The smallest absolute Gasteiger partial charge is 0.143 e. The standard InChI is InChI=1S/C28H30Cl2N2O2/c1-27(2,3)19-11-17(25(33)21(13-19)28(4,5)6)15-31-23-9-7-8-10-24(23)32-16-18-12-20(29)14-22(30)26(18)34/h7-16,33-34H,1-6H3. The zero-order valence-corrected chi connectivity index (χ0v) is 21.8. The van der Waals surface area contributed by atoms with E-state index in [2.05, 4.69) is 57.6 Å². The highest BCUT2D eigenvalue weighted by Gasteiger charge is 2.24. The van der Waals surface area contributed by atoms with Crippen molar-refractivity contribution in [2.75, 3.05) is 0 Å². The number of para-hydroxylation sites is 2. The van der Waals surface area contributed by atoms with E-state index in [0.29, 0.717) is 27.5 Å². The summed E-state index contributed by atoms with van der Waals surface area (Å²) < 4.78 is 0. The molecule has 2 N–H and O–H groups in total. The van der Waals surface area contributed by atoms with Crippen LogP contribution in [0.4, 0.5) is 11.4 Å². The summed E-state index contributed by atoms with van der Waals surface area (Å²) in [6.45, 7) is 12.7. The van der Waals surface area contributed by atoms with E-state index < -0.39 is 0 Å². The van der Waals surface area contributed by atoms with Gasteiger partial charge in [-0.1, -0.05) is 82.9 Å². The molecular weight excluding hydrogens is 467 g/mol. The first-order valence-electron chi connectivity index (χ1n) is 11.0. The maximum atomic E-state index is 11.0. The van der Waals surface area contributed by atoms with E-state index in [4.69, 9.17) is 23.2 Å². The quantitative estimate of drug-likeness (QED) is 0.355. The Bertz CT molecular complexity index is 1270. The van der Waals surface area contributed by atoms with Crippen LogP contribution in [0.3, 0.4) is 0 Å². The van der Waals surface area contributed by atoms with Gasteiger partial charge in [-0.2, -0.15) is 0 Å². The number of hydrogen-bond donors (Lipinski definition) is 2. The van der Waals surface area contributed by atoms with E-state index in [1.165, 1.54) is 12.3 Å². The molecule has 0 spiro atoms. The van der Waals surface area contributed by atoms with Gasteiger partial charge in [0.05, 0.1) is 16.4 Å². The fourth-order valence-electron chi connectivity index (χ4n) is 3.41. The minimum absolute atomic E-state index is 0.0846. The van der Waals surface area contributed by atoms with Crippen molar-refractivity contribution < 1.29 is 10.2 Å². The van der Waals surface area contributed by atoms with Crippen molar-refractivity contribution in [3.8, 4) is 11.5 Å². The molecule has 34 heavy (non-hydrogen) atoms. The molecule has 0 heterocycles. The predicted molar refractivity (Wildman–Crippen MR) is 145 cm³/mol. The van der Waals surface area contributed by atoms with Gasteiger partial charge in [-0.25, -0.2) is 0 Å². The Morgan fingerprint density at radius 2 is 1.24 bits per heavy atom. The first kappa shape index (κ1) is 25.8. The van der Waals surface area contributed by atoms with Crippen molar-refractivity contribution in [3.05, 3.63) is 80.8 Å². The number of aliphatic imine (C=N–C) groups is 2. The number of phenolic OH excluding ortho intramolecular Hbond substituents is 2. The van der Waals surface area contributed by atoms with Gasteiger partial charge < -0.3 is 10.2 Å². The summed E-state index contributed by atoms with van der Waals surface area (Å²) in [5.41, 5.74) is 3.95. The van der Waals surface area contributed by atoms with Crippen LogP contribution >= 0.6 is 23.2 Å². The summed E-state index contributed by atoms with van der Waals surface area (Å²) in [6, 6.07) is 14.5. The second-order valence-corrected chi connectivity index (χ2v) is 11.1. The Labute approximate surface area is 211 Å². The fraction of sp³-hybridized carbons (Fsp3) is 0.286. The van der Waals surface area contributed by atoms with Crippen LogP contribution in [0.1, 0.15) is 63.8 Å². The number of halogens is 2. The number of nitrogens with zero attached hydrogens (tertiary/aromatic N) is 2. The molecule has 0 aliphatic carbocycles. The molecular formula is C28H30Cl2N2O2. The van der Waals surface area contributed by atoms with E-state index in [-0.39, 0.29) is 27.4 Å². The number of hydrogen-bond acceptors (Lipinski definition) is 4. The van der Waals surface area contributed by atoms with Gasteiger partial charge in [-0.15, -0.1) is 0 Å². The van der Waals surface area contributed by atoms with Crippen molar-refractivity contribution in [1.82, 2.24) is 0 Å². The van der Waals surface area contributed by atoms with E-state index in [1.54, 1.807) is 12.3 Å². The molecule has 0 fully saturated rings. The maximum Gasteiger partial charge on any atom is 0.143 e. The largest absolute Gasteiger partial charge is 0.507 e. The Morgan fingerprint density at radius 3 is 1.74 bits per heavy atom. The molecule has 3 aromatic rings. The van der Waals surface area contributed by atoms with Crippen LogP contribution in [0.25, 0.3) is 0 Å². The first-order chi connectivity index (χ1) is 15.8. The fourth-order valence-corrected chi connectivity index (χ4v) is 3.91. The third-order valence-corrected chi connectivity index (χ3v) is 5.94. The molecule has 0 amide bonds.